The molecule has 0 saturated carbocycles. The van der Waals surface area contributed by atoms with Crippen LogP contribution in [0, 0.1) is 12.8 Å². The van der Waals surface area contributed by atoms with Crippen LogP contribution in [0.3, 0.4) is 0 Å². The first-order valence-corrected chi connectivity index (χ1v) is 10.7. The monoisotopic (exact) mass is 526 g/mol. The number of hydrogen-bond acceptors (Lipinski definition) is 4. The molecule has 1 aromatic heterocycles. The lowest BCUT2D eigenvalue weighted by atomic mass is 9.89. The summed E-state index contributed by atoms with van der Waals surface area (Å²) < 4.78 is 11.5. The topological polar surface area (TPSA) is 71.7 Å². The first kappa shape index (κ1) is 24.7. The van der Waals surface area contributed by atoms with Gasteiger partial charge < -0.3 is 19.9 Å². The van der Waals surface area contributed by atoms with Crippen LogP contribution in [0.5, 0.6) is 0 Å². The fourth-order valence-electron chi connectivity index (χ4n) is 3.58. The van der Waals surface area contributed by atoms with Crippen LogP contribution in [0.25, 0.3) is 0 Å². The maximum absolute atomic E-state index is 6.14. The van der Waals surface area contributed by atoms with Crippen molar-refractivity contribution in [3.63, 3.8) is 0 Å². The molecule has 1 fully saturated rings. The molecular weight excluding hydrogens is 491 g/mol. The van der Waals surface area contributed by atoms with Crippen molar-refractivity contribution in [2.45, 2.75) is 59.1 Å². The Morgan fingerprint density at radius 1 is 1.23 bits per heavy atom. The Bertz CT molecular complexity index is 789. The molecule has 30 heavy (non-hydrogen) atoms. The van der Waals surface area contributed by atoms with Gasteiger partial charge in [0.1, 0.15) is 6.54 Å². The number of guanidine groups is 1. The Balaban J connectivity index is 0.00000320. The largest absolute Gasteiger partial charge is 0.373 e. The number of aromatic nitrogens is 1. The number of halogens is 1. The molecule has 2 heterocycles. The summed E-state index contributed by atoms with van der Waals surface area (Å²) in [6.45, 7) is 11.3. The maximum Gasteiger partial charge on any atom is 0.191 e. The normalized spacial score (nSPS) is 19.4. The van der Waals surface area contributed by atoms with Gasteiger partial charge in [-0.25, -0.2) is 4.99 Å². The van der Waals surface area contributed by atoms with Gasteiger partial charge in [0.25, 0.3) is 0 Å². The lowest BCUT2D eigenvalue weighted by Crippen LogP contribution is -2.42. The van der Waals surface area contributed by atoms with E-state index in [2.05, 4.69) is 72.7 Å². The van der Waals surface area contributed by atoms with Crippen molar-refractivity contribution in [2.75, 3.05) is 19.7 Å². The van der Waals surface area contributed by atoms with E-state index in [1.807, 2.05) is 6.07 Å². The third-order valence-corrected chi connectivity index (χ3v) is 5.29. The molecule has 1 aliphatic heterocycles. The van der Waals surface area contributed by atoms with Gasteiger partial charge in [-0.2, -0.15) is 0 Å². The van der Waals surface area contributed by atoms with Gasteiger partial charge in [0.15, 0.2) is 11.7 Å². The van der Waals surface area contributed by atoms with Crippen molar-refractivity contribution < 1.29 is 9.26 Å². The van der Waals surface area contributed by atoms with Crippen molar-refractivity contribution in [3.8, 4) is 0 Å². The number of aryl methyl sites for hydroxylation is 1. The second-order valence-corrected chi connectivity index (χ2v) is 8.05. The smallest absolute Gasteiger partial charge is 0.191 e. The van der Waals surface area contributed by atoms with E-state index in [0.29, 0.717) is 18.4 Å². The second kappa shape index (κ2) is 12.3. The molecule has 2 N–H and O–H groups in total. The lowest BCUT2D eigenvalue weighted by molar-refractivity contribution is -0.0265. The molecule has 166 valence electrons. The van der Waals surface area contributed by atoms with E-state index in [1.165, 1.54) is 11.1 Å². The highest BCUT2D eigenvalue weighted by Gasteiger charge is 2.27. The molecule has 1 saturated heterocycles. The fourth-order valence-corrected chi connectivity index (χ4v) is 3.58. The van der Waals surface area contributed by atoms with Crippen LogP contribution in [0.1, 0.15) is 68.2 Å². The van der Waals surface area contributed by atoms with Crippen LogP contribution in [-0.2, 0) is 11.3 Å². The predicted octanol–water partition coefficient (Wildman–Crippen LogP) is 4.95. The summed E-state index contributed by atoms with van der Waals surface area (Å²) in [6, 6.07) is 10.7. The molecular formula is C23H35IN4O2. The molecule has 0 aliphatic carbocycles. The number of nitrogens with one attached hydrogen (secondary N) is 2. The Morgan fingerprint density at radius 2 is 2.00 bits per heavy atom. The SMILES string of the molecule is CCNC(=NCc1cc(C(C)C)no1)NCC1CCCOC1c1ccc(C)cc1.I. The van der Waals surface area contributed by atoms with Crippen LogP contribution in [-0.4, -0.2) is 30.8 Å². The van der Waals surface area contributed by atoms with Crippen molar-refractivity contribution in [1.29, 1.82) is 0 Å². The zero-order valence-electron chi connectivity index (χ0n) is 18.5. The van der Waals surface area contributed by atoms with Gasteiger partial charge in [-0.1, -0.05) is 48.8 Å². The van der Waals surface area contributed by atoms with Gasteiger partial charge in [-0.15, -0.1) is 24.0 Å². The molecule has 0 bridgehead atoms. The zero-order chi connectivity index (χ0) is 20.6. The van der Waals surface area contributed by atoms with Crippen molar-refractivity contribution >= 4 is 29.9 Å². The van der Waals surface area contributed by atoms with E-state index in [9.17, 15) is 0 Å². The fraction of sp³-hybridized carbons (Fsp3) is 0.565. The average molecular weight is 526 g/mol. The minimum Gasteiger partial charge on any atom is -0.373 e. The number of nitrogens with zero attached hydrogens (tertiary/aromatic N) is 2. The van der Waals surface area contributed by atoms with Crippen LogP contribution >= 0.6 is 24.0 Å². The Hall–Kier alpha value is -1.61. The molecule has 0 amide bonds. The predicted molar refractivity (Wildman–Crippen MR) is 131 cm³/mol. The highest BCUT2D eigenvalue weighted by molar-refractivity contribution is 14.0. The molecule has 6 nitrogen and oxygen atoms in total. The molecule has 7 heteroatoms. The number of rotatable bonds is 7. The van der Waals surface area contributed by atoms with E-state index in [1.54, 1.807) is 0 Å². The van der Waals surface area contributed by atoms with Crippen LogP contribution < -0.4 is 10.6 Å². The molecule has 0 radical (unpaired) electrons. The standard InChI is InChI=1S/C23H34N4O2.HI/c1-5-24-23(26-15-20-13-21(16(2)3)27-29-20)25-14-19-7-6-12-28-22(19)18-10-8-17(4)9-11-18;/h8-11,13,16,19,22H,5-7,12,14-15H2,1-4H3,(H2,24,25,26);1H. The van der Waals surface area contributed by atoms with E-state index >= 15 is 0 Å². The van der Waals surface area contributed by atoms with Gasteiger partial charge >= 0.3 is 0 Å². The van der Waals surface area contributed by atoms with Crippen LogP contribution in [0.2, 0.25) is 0 Å². The van der Waals surface area contributed by atoms with Gasteiger partial charge in [-0.05, 0) is 38.2 Å². The quantitative estimate of drug-likeness (QED) is 0.304. The van der Waals surface area contributed by atoms with E-state index in [-0.39, 0.29) is 30.1 Å². The minimum absolute atomic E-state index is 0. The summed E-state index contributed by atoms with van der Waals surface area (Å²) in [7, 11) is 0. The van der Waals surface area contributed by atoms with Crippen molar-refractivity contribution in [1.82, 2.24) is 15.8 Å². The van der Waals surface area contributed by atoms with Gasteiger partial charge in [0, 0.05) is 31.7 Å². The summed E-state index contributed by atoms with van der Waals surface area (Å²) in [6.07, 6.45) is 2.37. The lowest BCUT2D eigenvalue weighted by Gasteiger charge is -2.32. The summed E-state index contributed by atoms with van der Waals surface area (Å²) >= 11 is 0. The number of aliphatic imine (C=N–C) groups is 1. The molecule has 2 atom stereocenters. The van der Waals surface area contributed by atoms with Gasteiger partial charge in [0.05, 0.1) is 11.8 Å². The Morgan fingerprint density at radius 3 is 2.67 bits per heavy atom. The third-order valence-electron chi connectivity index (χ3n) is 5.29. The minimum atomic E-state index is 0. The zero-order valence-corrected chi connectivity index (χ0v) is 20.8. The summed E-state index contributed by atoms with van der Waals surface area (Å²) in [5, 5.41) is 10.9. The summed E-state index contributed by atoms with van der Waals surface area (Å²) in [5.74, 6) is 2.34. The van der Waals surface area contributed by atoms with Crippen LogP contribution in [0.4, 0.5) is 0 Å². The van der Waals surface area contributed by atoms with Gasteiger partial charge in [-0.3, -0.25) is 0 Å². The van der Waals surface area contributed by atoms with E-state index in [0.717, 1.165) is 50.0 Å². The number of ether oxygens (including phenoxy) is 1. The van der Waals surface area contributed by atoms with Crippen molar-refractivity contribution in [3.05, 3.63) is 52.9 Å². The molecule has 3 rings (SSSR count). The van der Waals surface area contributed by atoms with Crippen LogP contribution in [0.15, 0.2) is 39.8 Å². The molecule has 1 aliphatic rings. The highest BCUT2D eigenvalue weighted by atomic mass is 127. The summed E-state index contributed by atoms with van der Waals surface area (Å²) in [5.41, 5.74) is 3.49. The molecule has 2 unspecified atom stereocenters. The van der Waals surface area contributed by atoms with Crippen molar-refractivity contribution in [2.24, 2.45) is 10.9 Å². The van der Waals surface area contributed by atoms with E-state index in [4.69, 9.17) is 9.26 Å². The first-order chi connectivity index (χ1) is 14.1. The maximum atomic E-state index is 6.14. The summed E-state index contributed by atoms with van der Waals surface area (Å²) in [4.78, 5) is 4.67. The number of hydrogen-bond donors (Lipinski definition) is 2. The van der Waals surface area contributed by atoms with Gasteiger partial charge in [0.2, 0.25) is 0 Å². The molecule has 1 aromatic carbocycles. The average Bonchev–Trinajstić information content (AvgIpc) is 3.20. The Kier molecular flexibility index (Phi) is 10.1. The second-order valence-electron chi connectivity index (χ2n) is 8.05. The number of benzene rings is 1. The third kappa shape index (κ3) is 6.97. The van der Waals surface area contributed by atoms with E-state index < -0.39 is 0 Å². The highest BCUT2D eigenvalue weighted by Crippen LogP contribution is 2.33. The Labute approximate surface area is 197 Å². The molecule has 0 spiro atoms. The molecule has 2 aromatic rings. The first-order valence-electron chi connectivity index (χ1n) is 10.7.